The number of carbonyl (C=O) groups is 1. The minimum absolute atomic E-state index is 0.0565. The third-order valence-electron chi connectivity index (χ3n) is 8.75. The zero-order valence-electron chi connectivity index (χ0n) is 23.3. The molecular weight excluding hydrogens is 599 g/mol. The molecular formula is C30H30F3N5O3S2. The lowest BCUT2D eigenvalue weighted by Gasteiger charge is -2.31. The number of Topliss-reactive ketones (excluding diaryl/α,β-unsaturated/α-hetero) is 1. The Morgan fingerprint density at radius 1 is 1.07 bits per heavy atom. The molecule has 3 heterocycles. The Labute approximate surface area is 251 Å². The van der Waals surface area contributed by atoms with Gasteiger partial charge >= 0.3 is 6.18 Å². The number of aromatic nitrogens is 3. The van der Waals surface area contributed by atoms with Gasteiger partial charge in [0.1, 0.15) is 16.5 Å². The maximum Gasteiger partial charge on any atom is 0.451 e. The van der Waals surface area contributed by atoms with Gasteiger partial charge in [-0.1, -0.05) is 25.0 Å². The second-order valence-electron chi connectivity index (χ2n) is 11.7. The number of benzene rings is 1. The van der Waals surface area contributed by atoms with E-state index >= 15 is 0 Å². The Bertz CT molecular complexity index is 1660. The minimum atomic E-state index is -4.71. The first-order chi connectivity index (χ1) is 20.5. The maximum atomic E-state index is 13.6. The van der Waals surface area contributed by atoms with E-state index in [2.05, 4.69) is 16.0 Å². The van der Waals surface area contributed by atoms with Gasteiger partial charge in [0.05, 0.1) is 33.6 Å². The Morgan fingerprint density at radius 3 is 2.42 bits per heavy atom. The molecule has 0 bridgehead atoms. The molecule has 3 aromatic rings. The summed E-state index contributed by atoms with van der Waals surface area (Å²) in [7, 11) is -3.03. The van der Waals surface area contributed by atoms with Crippen LogP contribution in [0.4, 0.5) is 18.9 Å². The molecule has 0 spiro atoms. The maximum absolute atomic E-state index is 13.6. The summed E-state index contributed by atoms with van der Waals surface area (Å²) in [5.41, 5.74) is 1.86. The van der Waals surface area contributed by atoms with Crippen molar-refractivity contribution in [2.24, 2.45) is 11.3 Å². The summed E-state index contributed by atoms with van der Waals surface area (Å²) in [6.07, 6.45) is 1.22. The van der Waals surface area contributed by atoms with Crippen molar-refractivity contribution < 1.29 is 26.4 Å². The van der Waals surface area contributed by atoms with Crippen LogP contribution >= 0.6 is 11.3 Å². The van der Waals surface area contributed by atoms with Gasteiger partial charge in [-0.05, 0) is 49.4 Å². The molecule has 3 fully saturated rings. The van der Waals surface area contributed by atoms with Crippen molar-refractivity contribution in [3.8, 4) is 27.2 Å². The molecule has 0 N–H and O–H groups in total. The highest BCUT2D eigenvalue weighted by molar-refractivity contribution is 7.91. The van der Waals surface area contributed by atoms with Crippen LogP contribution < -0.4 is 4.90 Å². The first-order valence-corrected chi connectivity index (χ1v) is 17.0. The van der Waals surface area contributed by atoms with E-state index in [9.17, 15) is 31.6 Å². The fraction of sp³-hybridized carbons (Fsp3) is 0.500. The number of alkyl halides is 3. The fourth-order valence-corrected chi connectivity index (χ4v) is 8.41. The van der Waals surface area contributed by atoms with Crippen molar-refractivity contribution in [2.75, 3.05) is 29.5 Å². The van der Waals surface area contributed by atoms with Crippen LogP contribution in [-0.2, 0) is 20.8 Å². The largest absolute Gasteiger partial charge is 0.451 e. The molecule has 43 heavy (non-hydrogen) atoms. The molecule has 0 radical (unpaired) electrons. The molecule has 1 saturated heterocycles. The summed E-state index contributed by atoms with van der Waals surface area (Å²) in [5.74, 6) is -1.54. The van der Waals surface area contributed by atoms with Gasteiger partial charge in [-0.25, -0.2) is 23.4 Å². The Kier molecular flexibility index (Phi) is 7.79. The smallest absolute Gasteiger partial charge is 0.369 e. The van der Waals surface area contributed by atoms with E-state index in [1.165, 1.54) is 17.4 Å². The number of ketones is 1. The van der Waals surface area contributed by atoms with Crippen LogP contribution in [0.1, 0.15) is 62.4 Å². The van der Waals surface area contributed by atoms with Crippen LogP contribution in [0.3, 0.4) is 0 Å². The van der Waals surface area contributed by atoms with Crippen molar-refractivity contribution in [1.29, 1.82) is 5.26 Å². The molecule has 3 aliphatic rings. The van der Waals surface area contributed by atoms with E-state index < -0.39 is 27.3 Å². The number of rotatable bonds is 7. The van der Waals surface area contributed by atoms with Gasteiger partial charge < -0.3 is 4.90 Å². The summed E-state index contributed by atoms with van der Waals surface area (Å²) in [5, 5.41) is 9.91. The number of nitriles is 1. The number of anilines is 1. The third-order valence-corrected chi connectivity index (χ3v) is 11.5. The highest BCUT2D eigenvalue weighted by atomic mass is 32.2. The fourth-order valence-electron chi connectivity index (χ4n) is 6.10. The normalized spacial score (nSPS) is 23.0. The molecule has 2 aromatic heterocycles. The van der Waals surface area contributed by atoms with Gasteiger partial charge in [-0.2, -0.15) is 18.4 Å². The van der Waals surface area contributed by atoms with Gasteiger partial charge in [0.15, 0.2) is 9.84 Å². The minimum Gasteiger partial charge on any atom is -0.369 e. The second kappa shape index (κ2) is 11.3. The first-order valence-electron chi connectivity index (χ1n) is 14.4. The number of halogens is 3. The summed E-state index contributed by atoms with van der Waals surface area (Å²) < 4.78 is 64.0. The Balaban J connectivity index is 1.37. The van der Waals surface area contributed by atoms with E-state index in [1.54, 1.807) is 0 Å². The van der Waals surface area contributed by atoms with E-state index in [1.807, 2.05) is 29.2 Å². The highest BCUT2D eigenvalue weighted by Gasteiger charge is 2.47. The van der Waals surface area contributed by atoms with Crippen molar-refractivity contribution >= 4 is 32.6 Å². The van der Waals surface area contributed by atoms with Gasteiger partial charge in [0.25, 0.3) is 0 Å². The molecule has 1 aromatic carbocycles. The molecule has 13 heteroatoms. The average Bonchev–Trinajstić information content (AvgIpc) is 3.63. The number of hydrogen-bond acceptors (Lipinski definition) is 9. The monoisotopic (exact) mass is 629 g/mol. The van der Waals surface area contributed by atoms with E-state index in [4.69, 9.17) is 4.98 Å². The average molecular weight is 630 g/mol. The van der Waals surface area contributed by atoms with Crippen LogP contribution in [-0.4, -0.2) is 53.7 Å². The lowest BCUT2D eigenvalue weighted by atomic mass is 9.73. The molecule has 2 atom stereocenters. The number of thiazole rings is 1. The molecule has 226 valence electrons. The van der Waals surface area contributed by atoms with Crippen molar-refractivity contribution in [3.63, 3.8) is 0 Å². The first kappa shape index (κ1) is 29.7. The summed E-state index contributed by atoms with van der Waals surface area (Å²) >= 11 is 1.24. The molecule has 2 aliphatic carbocycles. The zero-order chi connectivity index (χ0) is 30.4. The summed E-state index contributed by atoms with van der Waals surface area (Å²) in [4.78, 5) is 28.4. The number of sulfone groups is 1. The van der Waals surface area contributed by atoms with E-state index in [0.717, 1.165) is 48.0 Å². The van der Waals surface area contributed by atoms with E-state index in [-0.39, 0.29) is 41.2 Å². The molecule has 8 nitrogen and oxygen atoms in total. The quantitative estimate of drug-likeness (QED) is 0.310. The second-order valence-corrected chi connectivity index (χ2v) is 15.0. The van der Waals surface area contributed by atoms with Crippen LogP contribution in [0.25, 0.3) is 21.1 Å². The topological polar surface area (TPSA) is 117 Å². The van der Waals surface area contributed by atoms with Gasteiger partial charge in [-0.3, -0.25) is 4.79 Å². The number of carbonyl (C=O) groups excluding carboxylic acids is 1. The van der Waals surface area contributed by atoms with Crippen LogP contribution in [0.5, 0.6) is 0 Å². The Morgan fingerprint density at radius 2 is 1.77 bits per heavy atom. The third kappa shape index (κ3) is 6.31. The molecule has 2 saturated carbocycles. The lowest BCUT2D eigenvalue weighted by Crippen LogP contribution is -2.40. The summed E-state index contributed by atoms with van der Waals surface area (Å²) in [6, 6.07) is 11.4. The molecule has 6 rings (SSSR count). The van der Waals surface area contributed by atoms with Crippen molar-refractivity contribution in [1.82, 2.24) is 15.0 Å². The standard InChI is InChI=1S/C30H30F3N5O3S2/c31-30(32,33)28-35-12-9-23(36-28)27-37-25(22-4-2-1-3-21(22)24(39)17-29(18-34)10-11-29)26(42-27)19-5-7-20(8-6-19)38-13-15-43(40,41)16-14-38/h5-9,12,21-22H,1-4,10-11,13-17H2/t21-,22-/m1/s1. The summed E-state index contributed by atoms with van der Waals surface area (Å²) in [6.45, 7) is 0.811. The van der Waals surface area contributed by atoms with Crippen LogP contribution in [0.2, 0.25) is 0 Å². The number of hydrogen-bond donors (Lipinski definition) is 0. The molecule has 0 unspecified atom stereocenters. The van der Waals surface area contributed by atoms with Gasteiger partial charge in [0, 0.05) is 43.2 Å². The number of nitrogens with zero attached hydrogens (tertiary/aromatic N) is 5. The predicted octanol–water partition coefficient (Wildman–Crippen LogP) is 6.06. The Hall–Kier alpha value is -3.37. The zero-order valence-corrected chi connectivity index (χ0v) is 24.9. The van der Waals surface area contributed by atoms with Gasteiger partial charge in [-0.15, -0.1) is 11.3 Å². The van der Waals surface area contributed by atoms with E-state index in [0.29, 0.717) is 36.6 Å². The highest BCUT2D eigenvalue weighted by Crippen LogP contribution is 2.51. The lowest BCUT2D eigenvalue weighted by molar-refractivity contribution is -0.144. The van der Waals surface area contributed by atoms with Crippen LogP contribution in [0, 0.1) is 22.7 Å². The van der Waals surface area contributed by atoms with Gasteiger partial charge in [0.2, 0.25) is 5.82 Å². The van der Waals surface area contributed by atoms with Crippen molar-refractivity contribution in [2.45, 2.75) is 57.0 Å². The van der Waals surface area contributed by atoms with Crippen LogP contribution in [0.15, 0.2) is 36.5 Å². The predicted molar refractivity (Wildman–Crippen MR) is 156 cm³/mol. The molecule has 0 amide bonds. The SMILES string of the molecule is N#CC1(CC(=O)[C@@H]2CCCC[C@H]2c2nc(-c3ccnc(C(F)(F)F)n3)sc2-c2ccc(N3CCS(=O)(=O)CC3)cc2)CC1. The molecule has 1 aliphatic heterocycles. The van der Waals surface area contributed by atoms with Crippen molar-refractivity contribution in [3.05, 3.63) is 48.0 Å².